The second-order valence-corrected chi connectivity index (χ2v) is 6.87. The van der Waals surface area contributed by atoms with Crippen molar-refractivity contribution in [1.29, 1.82) is 0 Å². The fourth-order valence-electron chi connectivity index (χ4n) is 2.65. The summed E-state index contributed by atoms with van der Waals surface area (Å²) < 4.78 is 10.8. The van der Waals surface area contributed by atoms with E-state index in [0.717, 1.165) is 16.9 Å². The number of rotatable bonds is 8. The predicted molar refractivity (Wildman–Crippen MR) is 110 cm³/mol. The number of benzene rings is 2. The lowest BCUT2D eigenvalue weighted by molar-refractivity contribution is -0.120. The van der Waals surface area contributed by atoms with Crippen molar-refractivity contribution in [3.63, 3.8) is 0 Å². The SMILES string of the molecule is CCOc1ccc(CN(C)[C@@H](C)C(=O)Nc2cc(C)c(Cl)cc2OC)cc1. The molecule has 1 amide bonds. The van der Waals surface area contributed by atoms with Crippen molar-refractivity contribution in [1.82, 2.24) is 4.90 Å². The van der Waals surface area contributed by atoms with Gasteiger partial charge < -0.3 is 14.8 Å². The Morgan fingerprint density at radius 1 is 1.26 bits per heavy atom. The first-order chi connectivity index (χ1) is 12.8. The average Bonchev–Trinajstić information content (AvgIpc) is 2.65. The van der Waals surface area contributed by atoms with Gasteiger partial charge in [0.2, 0.25) is 5.91 Å². The van der Waals surface area contributed by atoms with Crippen molar-refractivity contribution >= 4 is 23.2 Å². The van der Waals surface area contributed by atoms with Gasteiger partial charge in [-0.3, -0.25) is 9.69 Å². The molecule has 0 heterocycles. The number of methoxy groups -OCH3 is 1. The number of carbonyl (C=O) groups excluding carboxylic acids is 1. The normalized spacial score (nSPS) is 12.0. The number of likely N-dealkylation sites (N-methyl/N-ethyl adjacent to an activating group) is 1. The summed E-state index contributed by atoms with van der Waals surface area (Å²) in [6, 6.07) is 11.1. The lowest BCUT2D eigenvalue weighted by Gasteiger charge is -2.24. The number of anilines is 1. The molecule has 5 nitrogen and oxygen atoms in total. The molecule has 0 saturated carbocycles. The molecule has 0 spiro atoms. The van der Waals surface area contributed by atoms with Crippen LogP contribution in [0.15, 0.2) is 36.4 Å². The first-order valence-electron chi connectivity index (χ1n) is 8.92. The van der Waals surface area contributed by atoms with Crippen LogP contribution in [0.5, 0.6) is 11.5 Å². The van der Waals surface area contributed by atoms with Crippen LogP contribution in [0.3, 0.4) is 0 Å². The summed E-state index contributed by atoms with van der Waals surface area (Å²) in [6.45, 7) is 7.01. The first-order valence-corrected chi connectivity index (χ1v) is 9.30. The Balaban J connectivity index is 2.02. The number of nitrogens with zero attached hydrogens (tertiary/aromatic N) is 1. The Morgan fingerprint density at radius 2 is 1.93 bits per heavy atom. The molecule has 27 heavy (non-hydrogen) atoms. The van der Waals surface area contributed by atoms with Gasteiger partial charge >= 0.3 is 0 Å². The highest BCUT2D eigenvalue weighted by Gasteiger charge is 2.20. The average molecular weight is 391 g/mol. The summed E-state index contributed by atoms with van der Waals surface area (Å²) >= 11 is 6.13. The van der Waals surface area contributed by atoms with E-state index in [1.807, 2.05) is 63.1 Å². The number of carbonyl (C=O) groups is 1. The first kappa shape index (κ1) is 21.1. The molecular weight excluding hydrogens is 364 g/mol. The van der Waals surface area contributed by atoms with Crippen molar-refractivity contribution in [2.75, 3.05) is 26.1 Å². The molecule has 0 aromatic heterocycles. The van der Waals surface area contributed by atoms with E-state index in [9.17, 15) is 4.79 Å². The summed E-state index contributed by atoms with van der Waals surface area (Å²) in [7, 11) is 3.48. The molecule has 1 atom stereocenters. The molecule has 0 fully saturated rings. The van der Waals surface area contributed by atoms with Gasteiger partial charge in [-0.25, -0.2) is 0 Å². The van der Waals surface area contributed by atoms with Crippen LogP contribution in [0.2, 0.25) is 5.02 Å². The number of amides is 1. The molecule has 0 radical (unpaired) electrons. The van der Waals surface area contributed by atoms with Crippen LogP contribution in [0, 0.1) is 6.92 Å². The Hall–Kier alpha value is -2.24. The smallest absolute Gasteiger partial charge is 0.241 e. The van der Waals surface area contributed by atoms with Crippen molar-refractivity contribution in [3.8, 4) is 11.5 Å². The van der Waals surface area contributed by atoms with Crippen molar-refractivity contribution < 1.29 is 14.3 Å². The van der Waals surface area contributed by atoms with E-state index >= 15 is 0 Å². The summed E-state index contributed by atoms with van der Waals surface area (Å²) in [5.41, 5.74) is 2.61. The molecule has 0 aliphatic carbocycles. The van der Waals surface area contributed by atoms with Crippen LogP contribution < -0.4 is 14.8 Å². The second-order valence-electron chi connectivity index (χ2n) is 6.46. The van der Waals surface area contributed by atoms with Crippen LogP contribution in [0.4, 0.5) is 5.69 Å². The maximum atomic E-state index is 12.7. The monoisotopic (exact) mass is 390 g/mol. The third-order valence-electron chi connectivity index (χ3n) is 4.45. The Labute approximate surface area is 166 Å². The number of nitrogens with one attached hydrogen (secondary N) is 1. The van der Waals surface area contributed by atoms with Gasteiger partial charge in [0, 0.05) is 17.6 Å². The van der Waals surface area contributed by atoms with Gasteiger partial charge in [-0.1, -0.05) is 23.7 Å². The lowest BCUT2D eigenvalue weighted by Crippen LogP contribution is -2.39. The molecule has 2 rings (SSSR count). The van der Waals surface area contributed by atoms with Gasteiger partial charge in [0.1, 0.15) is 11.5 Å². The molecule has 0 aliphatic heterocycles. The topological polar surface area (TPSA) is 50.8 Å². The molecule has 0 unspecified atom stereocenters. The van der Waals surface area contributed by atoms with E-state index in [2.05, 4.69) is 5.32 Å². The molecule has 0 aliphatic rings. The minimum atomic E-state index is -0.322. The number of halogens is 1. The Bertz CT molecular complexity index is 778. The molecule has 0 bridgehead atoms. The zero-order chi connectivity index (χ0) is 20.0. The molecule has 1 N–H and O–H groups in total. The Kier molecular flexibility index (Phi) is 7.51. The fourth-order valence-corrected chi connectivity index (χ4v) is 2.80. The fraction of sp³-hybridized carbons (Fsp3) is 0.381. The maximum Gasteiger partial charge on any atom is 0.241 e. The molecule has 6 heteroatoms. The molecule has 2 aromatic rings. The highest BCUT2D eigenvalue weighted by molar-refractivity contribution is 6.31. The third-order valence-corrected chi connectivity index (χ3v) is 4.85. The summed E-state index contributed by atoms with van der Waals surface area (Å²) in [5, 5.41) is 3.54. The van der Waals surface area contributed by atoms with Crippen molar-refractivity contribution in [2.45, 2.75) is 33.4 Å². The zero-order valence-corrected chi connectivity index (χ0v) is 17.3. The minimum absolute atomic E-state index is 0.108. The van der Waals surface area contributed by atoms with Crippen molar-refractivity contribution in [2.24, 2.45) is 0 Å². The Morgan fingerprint density at radius 3 is 2.52 bits per heavy atom. The quantitative estimate of drug-likeness (QED) is 0.720. The van der Waals surface area contributed by atoms with Crippen LogP contribution in [0.1, 0.15) is 25.0 Å². The highest BCUT2D eigenvalue weighted by Crippen LogP contribution is 2.31. The van der Waals surface area contributed by atoms with Crippen LogP contribution in [0.25, 0.3) is 0 Å². The van der Waals surface area contributed by atoms with Crippen LogP contribution in [-0.2, 0) is 11.3 Å². The van der Waals surface area contributed by atoms with Gasteiger partial charge in [-0.2, -0.15) is 0 Å². The summed E-state index contributed by atoms with van der Waals surface area (Å²) in [5.74, 6) is 1.28. The van der Waals surface area contributed by atoms with E-state index in [0.29, 0.717) is 29.6 Å². The minimum Gasteiger partial charge on any atom is -0.495 e. The summed E-state index contributed by atoms with van der Waals surface area (Å²) in [6.07, 6.45) is 0. The van der Waals surface area contributed by atoms with E-state index in [-0.39, 0.29) is 11.9 Å². The third kappa shape index (κ3) is 5.62. The highest BCUT2D eigenvalue weighted by atomic mass is 35.5. The predicted octanol–water partition coefficient (Wildman–Crippen LogP) is 4.51. The van der Waals surface area contributed by atoms with Gasteiger partial charge in [-0.15, -0.1) is 0 Å². The lowest BCUT2D eigenvalue weighted by atomic mass is 10.1. The van der Waals surface area contributed by atoms with E-state index in [1.165, 1.54) is 0 Å². The van der Waals surface area contributed by atoms with E-state index in [1.54, 1.807) is 13.2 Å². The van der Waals surface area contributed by atoms with Crippen LogP contribution >= 0.6 is 11.6 Å². The summed E-state index contributed by atoms with van der Waals surface area (Å²) in [4.78, 5) is 14.7. The molecule has 2 aromatic carbocycles. The molecule has 0 saturated heterocycles. The molecule has 146 valence electrons. The van der Waals surface area contributed by atoms with E-state index in [4.69, 9.17) is 21.1 Å². The maximum absolute atomic E-state index is 12.7. The van der Waals surface area contributed by atoms with Gasteiger partial charge in [0.05, 0.1) is 25.4 Å². The van der Waals surface area contributed by atoms with Crippen LogP contribution in [-0.4, -0.2) is 37.6 Å². The zero-order valence-electron chi connectivity index (χ0n) is 16.5. The number of aryl methyl sites for hydroxylation is 1. The number of hydrogen-bond acceptors (Lipinski definition) is 4. The van der Waals surface area contributed by atoms with Gasteiger partial charge in [0.25, 0.3) is 0 Å². The second kappa shape index (κ2) is 9.62. The molecular formula is C21H27ClN2O3. The number of ether oxygens (including phenoxy) is 2. The van der Waals surface area contributed by atoms with Gasteiger partial charge in [0.15, 0.2) is 0 Å². The number of hydrogen-bond donors (Lipinski definition) is 1. The van der Waals surface area contributed by atoms with Crippen molar-refractivity contribution in [3.05, 3.63) is 52.5 Å². The standard InChI is InChI=1S/C21H27ClN2O3/c1-6-27-17-9-7-16(8-10-17)13-24(4)15(3)21(25)23-19-11-14(2)18(22)12-20(19)26-5/h7-12,15H,6,13H2,1-5H3,(H,23,25)/t15-/m0/s1. The van der Waals surface area contributed by atoms with Gasteiger partial charge in [-0.05, 0) is 57.1 Å². The largest absolute Gasteiger partial charge is 0.495 e. The van der Waals surface area contributed by atoms with E-state index < -0.39 is 0 Å².